The SMILES string of the molecule is O=C1CCCN1c1ccc(CC(=O)N2CCO[C@H]3CCC[C@H]32)cc1. The van der Waals surface area contributed by atoms with E-state index in [-0.39, 0.29) is 24.0 Å². The summed E-state index contributed by atoms with van der Waals surface area (Å²) in [6.45, 7) is 2.16. The van der Waals surface area contributed by atoms with Crippen molar-refractivity contribution in [2.45, 2.75) is 50.7 Å². The maximum Gasteiger partial charge on any atom is 0.227 e. The zero-order valence-corrected chi connectivity index (χ0v) is 13.9. The number of hydrogen-bond donors (Lipinski definition) is 0. The largest absolute Gasteiger partial charge is 0.374 e. The number of carbonyl (C=O) groups excluding carboxylic acids is 2. The van der Waals surface area contributed by atoms with E-state index in [0.29, 0.717) is 26.0 Å². The smallest absolute Gasteiger partial charge is 0.227 e. The predicted molar refractivity (Wildman–Crippen MR) is 90.8 cm³/mol. The van der Waals surface area contributed by atoms with E-state index < -0.39 is 0 Å². The molecule has 3 aliphatic rings. The Morgan fingerprint density at radius 1 is 1.12 bits per heavy atom. The van der Waals surface area contributed by atoms with E-state index in [2.05, 4.69) is 0 Å². The van der Waals surface area contributed by atoms with Crippen LogP contribution in [-0.4, -0.2) is 48.6 Å². The van der Waals surface area contributed by atoms with E-state index in [1.165, 1.54) is 0 Å². The number of hydrogen-bond acceptors (Lipinski definition) is 3. The quantitative estimate of drug-likeness (QED) is 0.854. The number of carbonyl (C=O) groups is 2. The van der Waals surface area contributed by atoms with Crippen LogP contribution < -0.4 is 4.90 Å². The number of nitrogens with zero attached hydrogens (tertiary/aromatic N) is 2. The molecule has 0 unspecified atom stereocenters. The van der Waals surface area contributed by atoms with Gasteiger partial charge in [-0.3, -0.25) is 9.59 Å². The summed E-state index contributed by atoms with van der Waals surface area (Å²) < 4.78 is 5.78. The Morgan fingerprint density at radius 3 is 2.71 bits per heavy atom. The maximum atomic E-state index is 12.7. The summed E-state index contributed by atoms with van der Waals surface area (Å²) in [5, 5.41) is 0. The van der Waals surface area contributed by atoms with Crippen LogP contribution in [0, 0.1) is 0 Å². The first-order chi connectivity index (χ1) is 11.7. The Kier molecular flexibility index (Phi) is 4.27. The van der Waals surface area contributed by atoms with Gasteiger partial charge < -0.3 is 14.5 Å². The van der Waals surface area contributed by atoms with Crippen LogP contribution in [0.25, 0.3) is 0 Å². The summed E-state index contributed by atoms with van der Waals surface area (Å²) in [5.74, 6) is 0.389. The molecule has 2 aliphatic heterocycles. The van der Waals surface area contributed by atoms with Crippen LogP contribution in [0.1, 0.15) is 37.7 Å². The lowest BCUT2D eigenvalue weighted by molar-refractivity contribution is -0.143. The van der Waals surface area contributed by atoms with Crippen molar-refractivity contribution < 1.29 is 14.3 Å². The van der Waals surface area contributed by atoms with E-state index >= 15 is 0 Å². The number of ether oxygens (including phenoxy) is 1. The summed E-state index contributed by atoms with van der Waals surface area (Å²) in [7, 11) is 0. The molecule has 0 aromatic heterocycles. The van der Waals surface area contributed by atoms with Crippen molar-refractivity contribution in [3.05, 3.63) is 29.8 Å². The molecule has 2 saturated heterocycles. The molecule has 5 heteroatoms. The Bertz CT molecular complexity index is 628. The molecule has 5 nitrogen and oxygen atoms in total. The molecule has 0 radical (unpaired) electrons. The van der Waals surface area contributed by atoms with E-state index in [0.717, 1.165) is 43.5 Å². The summed E-state index contributed by atoms with van der Waals surface area (Å²) in [6, 6.07) is 8.15. The molecule has 1 aromatic carbocycles. The Balaban J connectivity index is 1.41. The number of rotatable bonds is 3. The van der Waals surface area contributed by atoms with Crippen molar-refractivity contribution in [1.82, 2.24) is 4.90 Å². The van der Waals surface area contributed by atoms with Gasteiger partial charge >= 0.3 is 0 Å². The predicted octanol–water partition coefficient (Wildman–Crippen LogP) is 2.14. The number of benzene rings is 1. The number of fused-ring (bicyclic) bond motifs is 1. The molecule has 0 N–H and O–H groups in total. The van der Waals surface area contributed by atoms with Crippen LogP contribution in [-0.2, 0) is 20.7 Å². The van der Waals surface area contributed by atoms with Gasteiger partial charge in [-0.15, -0.1) is 0 Å². The molecule has 2 heterocycles. The van der Waals surface area contributed by atoms with Gasteiger partial charge in [-0.1, -0.05) is 12.1 Å². The van der Waals surface area contributed by atoms with Gasteiger partial charge in [-0.25, -0.2) is 0 Å². The molecule has 0 bridgehead atoms. The topological polar surface area (TPSA) is 49.9 Å². The van der Waals surface area contributed by atoms with Gasteiger partial charge in [0, 0.05) is 25.2 Å². The first-order valence-electron chi connectivity index (χ1n) is 9.03. The first-order valence-corrected chi connectivity index (χ1v) is 9.03. The Morgan fingerprint density at radius 2 is 1.96 bits per heavy atom. The first kappa shape index (κ1) is 15.6. The van der Waals surface area contributed by atoms with Gasteiger partial charge in [0.2, 0.25) is 11.8 Å². The third kappa shape index (κ3) is 2.93. The zero-order chi connectivity index (χ0) is 16.5. The highest BCUT2D eigenvalue weighted by atomic mass is 16.5. The van der Waals surface area contributed by atoms with Gasteiger partial charge in [-0.2, -0.15) is 0 Å². The normalized spacial score (nSPS) is 26.8. The summed E-state index contributed by atoms with van der Waals surface area (Å²) in [5.41, 5.74) is 1.95. The summed E-state index contributed by atoms with van der Waals surface area (Å²) >= 11 is 0. The highest BCUT2D eigenvalue weighted by Crippen LogP contribution is 2.30. The van der Waals surface area contributed by atoms with Crippen LogP contribution in [0.5, 0.6) is 0 Å². The molecular formula is C19H24N2O3. The minimum Gasteiger partial charge on any atom is -0.374 e. The lowest BCUT2D eigenvalue weighted by Gasteiger charge is -2.37. The van der Waals surface area contributed by atoms with Gasteiger partial charge in [-0.05, 0) is 43.4 Å². The van der Waals surface area contributed by atoms with Crippen LogP contribution in [0.3, 0.4) is 0 Å². The molecule has 4 rings (SSSR count). The van der Waals surface area contributed by atoms with Gasteiger partial charge in [0.25, 0.3) is 0 Å². The molecule has 24 heavy (non-hydrogen) atoms. The average Bonchev–Trinajstić information content (AvgIpc) is 3.24. The highest BCUT2D eigenvalue weighted by Gasteiger charge is 2.38. The molecule has 128 valence electrons. The highest BCUT2D eigenvalue weighted by molar-refractivity contribution is 5.95. The minimum atomic E-state index is 0.194. The minimum absolute atomic E-state index is 0.194. The van der Waals surface area contributed by atoms with Crippen LogP contribution >= 0.6 is 0 Å². The fourth-order valence-corrected chi connectivity index (χ4v) is 4.23. The van der Waals surface area contributed by atoms with Crippen molar-refractivity contribution >= 4 is 17.5 Å². The van der Waals surface area contributed by atoms with Crippen LogP contribution in [0.15, 0.2) is 24.3 Å². The third-order valence-corrected chi connectivity index (χ3v) is 5.48. The number of morpholine rings is 1. The van der Waals surface area contributed by atoms with Crippen molar-refractivity contribution in [1.29, 1.82) is 0 Å². The van der Waals surface area contributed by atoms with Crippen molar-refractivity contribution in [2.24, 2.45) is 0 Å². The molecule has 1 aliphatic carbocycles. The molecule has 3 fully saturated rings. The second-order valence-corrected chi connectivity index (χ2v) is 6.99. The lowest BCUT2D eigenvalue weighted by atomic mass is 10.1. The fourth-order valence-electron chi connectivity index (χ4n) is 4.23. The second-order valence-electron chi connectivity index (χ2n) is 6.99. The Labute approximate surface area is 142 Å². The second kappa shape index (κ2) is 6.55. The van der Waals surface area contributed by atoms with E-state index in [1.807, 2.05) is 34.1 Å². The molecular weight excluding hydrogens is 304 g/mol. The lowest BCUT2D eigenvalue weighted by Crippen LogP contribution is -2.51. The fraction of sp³-hybridized carbons (Fsp3) is 0.579. The van der Waals surface area contributed by atoms with Crippen LogP contribution in [0.4, 0.5) is 5.69 Å². The van der Waals surface area contributed by atoms with Crippen molar-refractivity contribution in [3.63, 3.8) is 0 Å². The van der Waals surface area contributed by atoms with Gasteiger partial charge in [0.1, 0.15) is 0 Å². The Hall–Kier alpha value is -1.88. The van der Waals surface area contributed by atoms with E-state index in [4.69, 9.17) is 4.74 Å². The standard InChI is InChI=1S/C19H24N2O3/c22-18-5-2-10-20(18)15-8-6-14(7-9-15)13-19(23)21-11-12-24-17-4-1-3-16(17)21/h6-9,16-17H,1-5,10-13H2/t16-,17+/m1/s1. The summed E-state index contributed by atoms with van der Waals surface area (Å²) in [6.07, 6.45) is 5.53. The average molecular weight is 328 g/mol. The van der Waals surface area contributed by atoms with Crippen molar-refractivity contribution in [3.8, 4) is 0 Å². The van der Waals surface area contributed by atoms with E-state index in [1.54, 1.807) is 0 Å². The molecule has 1 saturated carbocycles. The monoisotopic (exact) mass is 328 g/mol. The van der Waals surface area contributed by atoms with Crippen molar-refractivity contribution in [2.75, 3.05) is 24.6 Å². The molecule has 2 amide bonds. The zero-order valence-electron chi connectivity index (χ0n) is 13.9. The molecule has 1 aromatic rings. The molecule has 0 spiro atoms. The van der Waals surface area contributed by atoms with Crippen LogP contribution in [0.2, 0.25) is 0 Å². The van der Waals surface area contributed by atoms with Gasteiger partial charge in [0.15, 0.2) is 0 Å². The maximum absolute atomic E-state index is 12.7. The summed E-state index contributed by atoms with van der Waals surface area (Å²) in [4.78, 5) is 28.4. The number of amides is 2. The molecule has 2 atom stereocenters. The third-order valence-electron chi connectivity index (χ3n) is 5.48. The number of anilines is 1. The van der Waals surface area contributed by atoms with Gasteiger partial charge in [0.05, 0.1) is 25.2 Å². The van der Waals surface area contributed by atoms with E-state index in [9.17, 15) is 9.59 Å².